The molecule has 0 saturated carbocycles. The largest absolute Gasteiger partial charge is 0.497 e. The van der Waals surface area contributed by atoms with Crippen molar-refractivity contribution in [1.82, 2.24) is 19.7 Å². The molecule has 4 rings (SSSR count). The monoisotopic (exact) mass is 662 g/mol. The average Bonchev–Trinajstić information content (AvgIpc) is 3.05. The zero-order valence-electron chi connectivity index (χ0n) is 28.3. The third kappa shape index (κ3) is 11.0. The predicted molar refractivity (Wildman–Crippen MR) is 193 cm³/mol. The number of benzene rings is 3. The van der Waals surface area contributed by atoms with Gasteiger partial charge in [0.25, 0.3) is 0 Å². The van der Waals surface area contributed by atoms with Crippen molar-refractivity contribution in [3.63, 3.8) is 0 Å². The van der Waals surface area contributed by atoms with Crippen LogP contribution in [0.1, 0.15) is 51.5 Å². The third-order valence-corrected chi connectivity index (χ3v) is 9.32. The first-order valence-electron chi connectivity index (χ1n) is 16.5. The van der Waals surface area contributed by atoms with Gasteiger partial charge < -0.3 is 25.6 Å². The highest BCUT2D eigenvalue weighted by Crippen LogP contribution is 2.30. The number of ether oxygens (including phenoxy) is 1. The van der Waals surface area contributed by atoms with Crippen LogP contribution in [-0.2, 0) is 16.4 Å². The van der Waals surface area contributed by atoms with E-state index in [1.165, 1.54) is 5.56 Å². The Labute approximate surface area is 280 Å². The van der Waals surface area contributed by atoms with Crippen LogP contribution < -0.4 is 30.3 Å². The van der Waals surface area contributed by atoms with Gasteiger partial charge >= 0.3 is 0 Å². The van der Waals surface area contributed by atoms with Gasteiger partial charge in [-0.05, 0) is 61.4 Å². The first-order chi connectivity index (χ1) is 22.7. The van der Waals surface area contributed by atoms with Gasteiger partial charge in [0.15, 0.2) is 0 Å². The lowest BCUT2D eigenvalue weighted by Crippen LogP contribution is -2.25. The van der Waals surface area contributed by atoms with Gasteiger partial charge in [-0.25, -0.2) is 13.1 Å². The molecule has 254 valence electrons. The Hall–Kier alpha value is -4.16. The van der Waals surface area contributed by atoms with Crippen molar-refractivity contribution < 1.29 is 13.2 Å². The minimum Gasteiger partial charge on any atom is -0.497 e. The Morgan fingerprint density at radius 2 is 1.32 bits per heavy atom. The van der Waals surface area contributed by atoms with Crippen molar-refractivity contribution in [2.45, 2.75) is 57.3 Å². The van der Waals surface area contributed by atoms with Crippen molar-refractivity contribution in [3.05, 3.63) is 66.2 Å². The molecule has 4 aromatic rings. The molecule has 0 fully saturated rings. The number of aromatic nitrogens is 3. The van der Waals surface area contributed by atoms with E-state index < -0.39 is 10.0 Å². The summed E-state index contributed by atoms with van der Waals surface area (Å²) in [7, 11) is 1.95. The first-order valence-corrected chi connectivity index (χ1v) is 17.9. The van der Waals surface area contributed by atoms with Gasteiger partial charge in [0.1, 0.15) is 5.75 Å². The van der Waals surface area contributed by atoms with Gasteiger partial charge in [-0.2, -0.15) is 15.0 Å². The molecule has 0 unspecified atom stereocenters. The molecular formula is C35H50N8O3S. The van der Waals surface area contributed by atoms with E-state index in [1.807, 2.05) is 55.4 Å². The average molecular weight is 663 g/mol. The molecule has 0 atom stereocenters. The second-order valence-electron chi connectivity index (χ2n) is 12.2. The SMILES string of the molecule is COc1ccc(CCNc2nc(NCCCCCCNS(=O)(=O)c3cccc4c(N(C)C)cccc34)nc(NCCC(C)C)n2)cc1. The number of sulfonamides is 1. The van der Waals surface area contributed by atoms with Crippen molar-refractivity contribution >= 4 is 44.3 Å². The highest BCUT2D eigenvalue weighted by atomic mass is 32.2. The molecule has 0 saturated heterocycles. The van der Waals surface area contributed by atoms with E-state index in [0.717, 1.165) is 67.3 Å². The van der Waals surface area contributed by atoms with Crippen LogP contribution in [0, 0.1) is 5.92 Å². The molecule has 3 aromatic carbocycles. The highest BCUT2D eigenvalue weighted by Gasteiger charge is 2.18. The predicted octanol–water partition coefficient (Wildman–Crippen LogP) is 6.16. The summed E-state index contributed by atoms with van der Waals surface area (Å²) in [5.41, 5.74) is 2.18. The van der Waals surface area contributed by atoms with Gasteiger partial charge in [0, 0.05) is 56.7 Å². The molecule has 0 radical (unpaired) electrons. The van der Waals surface area contributed by atoms with Crippen LogP contribution in [0.15, 0.2) is 65.6 Å². The quantitative estimate of drug-likeness (QED) is 0.0816. The van der Waals surface area contributed by atoms with Gasteiger partial charge in [-0.1, -0.05) is 63.1 Å². The van der Waals surface area contributed by atoms with E-state index in [-0.39, 0.29) is 0 Å². The molecule has 0 spiro atoms. The molecule has 11 nitrogen and oxygen atoms in total. The Morgan fingerprint density at radius 1 is 0.723 bits per heavy atom. The maximum absolute atomic E-state index is 13.2. The second-order valence-corrected chi connectivity index (χ2v) is 13.9. The van der Waals surface area contributed by atoms with Crippen molar-refractivity contribution in [1.29, 1.82) is 0 Å². The molecule has 4 N–H and O–H groups in total. The fraction of sp³-hybridized carbons (Fsp3) is 0.457. The van der Waals surface area contributed by atoms with Crippen molar-refractivity contribution in [3.8, 4) is 5.75 Å². The number of nitrogens with zero attached hydrogens (tertiary/aromatic N) is 4. The summed E-state index contributed by atoms with van der Waals surface area (Å²) in [6.07, 6.45) is 5.36. The number of unbranched alkanes of at least 4 members (excludes halogenated alkanes) is 3. The zero-order valence-corrected chi connectivity index (χ0v) is 29.2. The number of fused-ring (bicyclic) bond motifs is 1. The zero-order chi connectivity index (χ0) is 33.6. The number of anilines is 4. The van der Waals surface area contributed by atoms with Crippen molar-refractivity contribution in [2.24, 2.45) is 5.92 Å². The molecule has 0 aliphatic rings. The van der Waals surface area contributed by atoms with Crippen LogP contribution in [0.2, 0.25) is 0 Å². The normalized spacial score (nSPS) is 11.5. The summed E-state index contributed by atoms with van der Waals surface area (Å²) in [6.45, 7) is 6.95. The molecule has 0 amide bonds. The topological polar surface area (TPSA) is 133 Å². The van der Waals surface area contributed by atoms with Crippen LogP contribution >= 0.6 is 0 Å². The lowest BCUT2D eigenvalue weighted by Gasteiger charge is -2.17. The fourth-order valence-electron chi connectivity index (χ4n) is 5.17. The summed E-state index contributed by atoms with van der Waals surface area (Å²) in [5.74, 6) is 3.02. The fourth-order valence-corrected chi connectivity index (χ4v) is 6.47. The van der Waals surface area contributed by atoms with E-state index in [4.69, 9.17) is 4.74 Å². The summed E-state index contributed by atoms with van der Waals surface area (Å²) in [6, 6.07) is 19.2. The molecule has 0 aliphatic heterocycles. The maximum Gasteiger partial charge on any atom is 0.241 e. The molecule has 47 heavy (non-hydrogen) atoms. The molecule has 1 heterocycles. The van der Waals surface area contributed by atoms with E-state index in [0.29, 0.717) is 48.3 Å². The Kier molecular flexibility index (Phi) is 13.4. The molecular weight excluding hydrogens is 613 g/mol. The molecule has 0 bridgehead atoms. The lowest BCUT2D eigenvalue weighted by molar-refractivity contribution is 0.414. The van der Waals surface area contributed by atoms with Crippen LogP contribution in [0.25, 0.3) is 10.8 Å². The van der Waals surface area contributed by atoms with Gasteiger partial charge in [-0.15, -0.1) is 0 Å². The number of nitrogens with one attached hydrogen (secondary N) is 4. The van der Waals surface area contributed by atoms with Gasteiger partial charge in [-0.3, -0.25) is 0 Å². The number of rotatable bonds is 20. The Morgan fingerprint density at radius 3 is 1.96 bits per heavy atom. The first kappa shape index (κ1) is 35.7. The summed E-state index contributed by atoms with van der Waals surface area (Å²) < 4.78 is 34.4. The smallest absolute Gasteiger partial charge is 0.241 e. The molecule has 12 heteroatoms. The summed E-state index contributed by atoms with van der Waals surface area (Å²) in [5, 5.41) is 11.6. The molecule has 1 aromatic heterocycles. The van der Waals surface area contributed by atoms with E-state index in [9.17, 15) is 8.42 Å². The number of hydrogen-bond donors (Lipinski definition) is 4. The number of hydrogen-bond acceptors (Lipinski definition) is 10. The minimum absolute atomic E-state index is 0.313. The van der Waals surface area contributed by atoms with Crippen LogP contribution in [-0.4, -0.2) is 70.8 Å². The standard InChI is InChI=1S/C35H50N8O3S/c1-26(2)20-24-37-34-40-33(41-35(42-34)38-25-21-27-16-18-28(46-5)19-17-27)36-22-8-6-7-9-23-39-47(44,45)32-15-11-12-29-30(32)13-10-14-31(29)43(3)4/h10-19,26,39H,6-9,20-25H2,1-5H3,(H3,36,37,38,40,41,42). The Bertz CT molecular complexity index is 1660. The maximum atomic E-state index is 13.2. The third-order valence-electron chi connectivity index (χ3n) is 7.81. The van der Waals surface area contributed by atoms with Crippen LogP contribution in [0.4, 0.5) is 23.5 Å². The summed E-state index contributed by atoms with van der Waals surface area (Å²) >= 11 is 0. The minimum atomic E-state index is -3.63. The lowest BCUT2D eigenvalue weighted by atomic mass is 10.1. The van der Waals surface area contributed by atoms with Crippen LogP contribution in [0.5, 0.6) is 5.75 Å². The number of methoxy groups -OCH3 is 1. The van der Waals surface area contributed by atoms with Crippen molar-refractivity contribution in [2.75, 3.05) is 68.2 Å². The van der Waals surface area contributed by atoms with E-state index in [2.05, 4.69) is 61.6 Å². The Balaban J connectivity index is 1.23. The summed E-state index contributed by atoms with van der Waals surface area (Å²) in [4.78, 5) is 16.0. The van der Waals surface area contributed by atoms with Gasteiger partial charge in [0.2, 0.25) is 27.9 Å². The van der Waals surface area contributed by atoms with Gasteiger partial charge in [0.05, 0.1) is 12.0 Å². The highest BCUT2D eigenvalue weighted by molar-refractivity contribution is 7.89. The van der Waals surface area contributed by atoms with E-state index >= 15 is 0 Å². The van der Waals surface area contributed by atoms with Crippen LogP contribution in [0.3, 0.4) is 0 Å². The second kappa shape index (κ2) is 17.7. The van der Waals surface area contributed by atoms with E-state index in [1.54, 1.807) is 19.2 Å². The molecule has 0 aliphatic carbocycles.